The first-order valence-corrected chi connectivity index (χ1v) is 10.2. The number of rotatable bonds is 8. The first-order valence-electron chi connectivity index (χ1n) is 10.2. The van der Waals surface area contributed by atoms with E-state index in [9.17, 15) is 14.4 Å². The van der Waals surface area contributed by atoms with Gasteiger partial charge in [-0.3, -0.25) is 14.4 Å². The summed E-state index contributed by atoms with van der Waals surface area (Å²) >= 11 is 0. The van der Waals surface area contributed by atoms with E-state index in [4.69, 9.17) is 9.47 Å². The van der Waals surface area contributed by atoms with Crippen LogP contribution >= 0.6 is 0 Å². The molecule has 0 aliphatic rings. The van der Waals surface area contributed by atoms with Crippen molar-refractivity contribution in [1.29, 1.82) is 0 Å². The smallest absolute Gasteiger partial charge is 0.325 e. The third kappa shape index (κ3) is 5.94. The maximum atomic E-state index is 13.0. The molecule has 0 saturated carbocycles. The van der Waals surface area contributed by atoms with Crippen LogP contribution in [0.3, 0.4) is 0 Å². The van der Waals surface area contributed by atoms with Gasteiger partial charge in [0.05, 0.1) is 19.3 Å². The van der Waals surface area contributed by atoms with Crippen LogP contribution in [0.15, 0.2) is 54.7 Å². The molecule has 0 spiro atoms. The number of hydrogen-bond donors (Lipinski definition) is 1. The average Bonchev–Trinajstić information content (AvgIpc) is 3.23. The van der Waals surface area contributed by atoms with Crippen LogP contribution in [0.2, 0.25) is 0 Å². The van der Waals surface area contributed by atoms with E-state index < -0.39 is 17.7 Å². The first-order chi connectivity index (χ1) is 15.0. The van der Waals surface area contributed by atoms with Crippen molar-refractivity contribution in [3.05, 3.63) is 65.9 Å². The highest BCUT2D eigenvalue weighted by Crippen LogP contribution is 2.24. The second-order valence-corrected chi connectivity index (χ2v) is 6.39. The van der Waals surface area contributed by atoms with Crippen LogP contribution in [-0.2, 0) is 20.9 Å². The number of carbonyl (C=O) groups excluding carboxylic acids is 3. The highest BCUT2D eigenvalue weighted by atomic mass is 16.5. The van der Waals surface area contributed by atoms with E-state index in [0.29, 0.717) is 16.7 Å². The van der Waals surface area contributed by atoms with Gasteiger partial charge in [0.25, 0.3) is 11.7 Å². The van der Waals surface area contributed by atoms with Crippen LogP contribution in [-0.4, -0.2) is 47.8 Å². The van der Waals surface area contributed by atoms with Crippen LogP contribution in [0.25, 0.3) is 10.9 Å². The number of amides is 1. The number of ether oxygens (including phenoxy) is 2. The molecule has 1 heterocycles. The van der Waals surface area contributed by atoms with Gasteiger partial charge in [-0.25, -0.2) is 0 Å². The fourth-order valence-electron chi connectivity index (χ4n) is 3.04. The van der Waals surface area contributed by atoms with Gasteiger partial charge in [0, 0.05) is 31.1 Å². The van der Waals surface area contributed by atoms with Crippen LogP contribution in [0, 0.1) is 0 Å². The molecular weight excluding hydrogens is 396 g/mol. The second kappa shape index (κ2) is 11.5. The van der Waals surface area contributed by atoms with Crippen molar-refractivity contribution < 1.29 is 25.3 Å². The maximum Gasteiger partial charge on any atom is 0.325 e. The predicted octanol–water partition coefficient (Wildman–Crippen LogP) is 4.22. The first kappa shape index (κ1) is 23.7. The lowest BCUT2D eigenvalue weighted by Crippen LogP contribution is -2.40. The Morgan fingerprint density at radius 3 is 2.42 bits per heavy atom. The highest BCUT2D eigenvalue weighted by molar-refractivity contribution is 6.45. The molecular formula is C24H30N2O5. The normalized spacial score (nSPS) is 10.1. The number of carbonyl (C=O) groups is 3. The SMILES string of the molecule is CC.CCOC(=O)CN(Cc1ccccc1)C(=O)C(=O)c1c[nH]c2cc(OC)ccc12.[HH]. The summed E-state index contributed by atoms with van der Waals surface area (Å²) in [4.78, 5) is 42.1. The van der Waals surface area contributed by atoms with E-state index in [2.05, 4.69) is 4.98 Å². The van der Waals surface area contributed by atoms with Crippen molar-refractivity contribution in [2.75, 3.05) is 20.3 Å². The summed E-state index contributed by atoms with van der Waals surface area (Å²) in [6.07, 6.45) is 1.50. The summed E-state index contributed by atoms with van der Waals surface area (Å²) in [6, 6.07) is 14.4. The fourth-order valence-corrected chi connectivity index (χ4v) is 3.04. The molecule has 1 aromatic heterocycles. The topological polar surface area (TPSA) is 88.7 Å². The third-order valence-electron chi connectivity index (χ3n) is 4.46. The average molecular weight is 427 g/mol. The second-order valence-electron chi connectivity index (χ2n) is 6.39. The molecule has 0 saturated heterocycles. The lowest BCUT2D eigenvalue weighted by atomic mass is 10.1. The number of nitrogens with zero attached hydrogens (tertiary/aromatic N) is 1. The number of ketones is 1. The van der Waals surface area contributed by atoms with Gasteiger partial charge in [-0.05, 0) is 24.6 Å². The maximum absolute atomic E-state index is 13.0. The minimum atomic E-state index is -0.765. The molecule has 2 aromatic carbocycles. The quantitative estimate of drug-likeness (QED) is 0.331. The summed E-state index contributed by atoms with van der Waals surface area (Å²) in [5.41, 5.74) is 1.73. The molecule has 3 aromatic rings. The number of benzene rings is 2. The molecule has 166 valence electrons. The molecule has 3 rings (SSSR count). The number of hydrogen-bond acceptors (Lipinski definition) is 5. The molecule has 7 heteroatoms. The van der Waals surface area contributed by atoms with Crippen molar-refractivity contribution >= 4 is 28.6 Å². The standard InChI is InChI=1S/C22H22N2O5.C2H6.H2/c1-3-29-20(25)14-24(13-15-7-5-4-6-8-15)22(27)21(26)18-12-23-19-11-16(28-2)9-10-17(18)19;1-2;/h4-12,23H,3,13-14H2,1-2H3;1-2H3;1H. The number of esters is 1. The van der Waals surface area contributed by atoms with E-state index in [1.165, 1.54) is 11.1 Å². The monoisotopic (exact) mass is 426 g/mol. The number of methoxy groups -OCH3 is 1. The van der Waals surface area contributed by atoms with E-state index in [1.54, 1.807) is 32.2 Å². The zero-order valence-corrected chi connectivity index (χ0v) is 18.3. The van der Waals surface area contributed by atoms with Gasteiger partial charge in [-0.2, -0.15) is 0 Å². The number of aromatic nitrogens is 1. The Morgan fingerprint density at radius 2 is 1.77 bits per heavy atom. The minimum absolute atomic E-state index is 0. The zero-order chi connectivity index (χ0) is 22.8. The summed E-state index contributed by atoms with van der Waals surface area (Å²) in [7, 11) is 1.55. The molecule has 1 amide bonds. The Labute approximate surface area is 183 Å². The van der Waals surface area contributed by atoms with Crippen molar-refractivity contribution in [3.8, 4) is 5.75 Å². The van der Waals surface area contributed by atoms with Crippen LogP contribution in [0.5, 0.6) is 5.75 Å². The molecule has 0 aliphatic heterocycles. The van der Waals surface area contributed by atoms with Gasteiger partial charge in [0.2, 0.25) is 0 Å². The van der Waals surface area contributed by atoms with E-state index >= 15 is 0 Å². The molecule has 0 radical (unpaired) electrons. The fraction of sp³-hybridized carbons (Fsp3) is 0.292. The molecule has 1 N–H and O–H groups in total. The van der Waals surface area contributed by atoms with Crippen molar-refractivity contribution in [3.63, 3.8) is 0 Å². The Kier molecular flexibility index (Phi) is 8.81. The van der Waals surface area contributed by atoms with Gasteiger partial charge in [-0.1, -0.05) is 44.2 Å². The van der Waals surface area contributed by atoms with Gasteiger partial charge >= 0.3 is 5.97 Å². The molecule has 0 bridgehead atoms. The van der Waals surface area contributed by atoms with Crippen LogP contribution < -0.4 is 4.74 Å². The van der Waals surface area contributed by atoms with Crippen molar-refractivity contribution in [2.24, 2.45) is 0 Å². The van der Waals surface area contributed by atoms with Crippen molar-refractivity contribution in [2.45, 2.75) is 27.3 Å². The van der Waals surface area contributed by atoms with E-state index in [0.717, 1.165) is 5.56 Å². The minimum Gasteiger partial charge on any atom is -0.497 e. The molecule has 0 unspecified atom stereocenters. The Balaban J connectivity index is 0.00000166. The molecule has 0 atom stereocenters. The summed E-state index contributed by atoms with van der Waals surface area (Å²) in [5, 5.41) is 0.611. The Bertz CT molecular complexity index is 1030. The van der Waals surface area contributed by atoms with Crippen molar-refractivity contribution in [1.82, 2.24) is 9.88 Å². The highest BCUT2D eigenvalue weighted by Gasteiger charge is 2.27. The molecule has 7 nitrogen and oxygen atoms in total. The molecule has 0 aliphatic carbocycles. The number of Topliss-reactive ketones (excluding diaryl/α,β-unsaturated/α-hetero) is 1. The van der Waals surface area contributed by atoms with Gasteiger partial charge in [-0.15, -0.1) is 0 Å². The van der Waals surface area contributed by atoms with E-state index in [1.807, 2.05) is 44.2 Å². The Morgan fingerprint density at radius 1 is 1.06 bits per heavy atom. The van der Waals surface area contributed by atoms with Gasteiger partial charge in [0.15, 0.2) is 0 Å². The van der Waals surface area contributed by atoms with Crippen LogP contribution in [0.1, 0.15) is 38.1 Å². The molecule has 0 fully saturated rings. The lowest BCUT2D eigenvalue weighted by molar-refractivity contribution is -0.148. The summed E-state index contributed by atoms with van der Waals surface area (Å²) in [6.45, 7) is 5.71. The third-order valence-corrected chi connectivity index (χ3v) is 4.46. The number of H-pyrrole nitrogens is 1. The summed E-state index contributed by atoms with van der Waals surface area (Å²) < 4.78 is 10.1. The lowest BCUT2D eigenvalue weighted by Gasteiger charge is -2.21. The number of nitrogens with one attached hydrogen (secondary N) is 1. The number of fused-ring (bicyclic) bond motifs is 1. The van der Waals surface area contributed by atoms with Gasteiger partial charge < -0.3 is 19.4 Å². The predicted molar refractivity (Wildman–Crippen MR) is 121 cm³/mol. The largest absolute Gasteiger partial charge is 0.497 e. The molecule has 31 heavy (non-hydrogen) atoms. The summed E-state index contributed by atoms with van der Waals surface area (Å²) in [5.74, 6) is -1.38. The zero-order valence-electron chi connectivity index (χ0n) is 18.3. The van der Waals surface area contributed by atoms with Crippen LogP contribution in [0.4, 0.5) is 0 Å². The van der Waals surface area contributed by atoms with Gasteiger partial charge in [0.1, 0.15) is 12.3 Å². The van der Waals surface area contributed by atoms with E-state index in [-0.39, 0.29) is 26.7 Å². The Hall–Kier alpha value is -3.61. The number of aromatic amines is 1.